The lowest BCUT2D eigenvalue weighted by Gasteiger charge is -2.00. The predicted molar refractivity (Wildman–Crippen MR) is 48.1 cm³/mol. The normalized spacial score (nSPS) is 9.91. The topological polar surface area (TPSA) is 40.5 Å². The number of hydrogen-bond acceptors (Lipinski definition) is 2. The second-order valence-corrected chi connectivity index (χ2v) is 2.94. The van der Waals surface area contributed by atoms with E-state index in [1.807, 2.05) is 0 Å². The molecule has 0 aromatic heterocycles. The standard InChI is InChI=1S/C8H11O2P/c9-7-2-1-6(3-4-11)5-8(7)10/h1-2,5,9-10H,3-4,11H2. The SMILES string of the molecule is Oc1ccc(CCP)cc1O. The van der Waals surface area contributed by atoms with Gasteiger partial charge >= 0.3 is 0 Å². The minimum absolute atomic E-state index is 0.0408. The fraction of sp³-hybridized carbons (Fsp3) is 0.250. The number of phenols is 2. The first-order chi connectivity index (χ1) is 5.24. The van der Waals surface area contributed by atoms with Crippen LogP contribution in [0.15, 0.2) is 18.2 Å². The van der Waals surface area contributed by atoms with Crippen molar-refractivity contribution in [2.24, 2.45) is 0 Å². The summed E-state index contributed by atoms with van der Waals surface area (Å²) in [5.74, 6) is -0.0987. The molecule has 0 saturated carbocycles. The van der Waals surface area contributed by atoms with E-state index in [1.165, 1.54) is 6.07 Å². The molecule has 0 amide bonds. The minimum Gasteiger partial charge on any atom is -0.504 e. The van der Waals surface area contributed by atoms with Gasteiger partial charge in [-0.05, 0) is 30.3 Å². The van der Waals surface area contributed by atoms with Gasteiger partial charge in [0.05, 0.1) is 0 Å². The molecule has 1 unspecified atom stereocenters. The maximum Gasteiger partial charge on any atom is 0.157 e. The van der Waals surface area contributed by atoms with Crippen molar-refractivity contribution in [2.45, 2.75) is 6.42 Å². The van der Waals surface area contributed by atoms with Gasteiger partial charge in [0.25, 0.3) is 0 Å². The first-order valence-corrected chi connectivity index (χ1v) is 4.26. The van der Waals surface area contributed by atoms with Crippen LogP contribution in [-0.4, -0.2) is 16.4 Å². The monoisotopic (exact) mass is 170 g/mol. The number of hydrogen-bond donors (Lipinski definition) is 2. The first-order valence-electron chi connectivity index (χ1n) is 3.45. The van der Waals surface area contributed by atoms with E-state index in [0.717, 1.165) is 18.1 Å². The summed E-state index contributed by atoms with van der Waals surface area (Å²) in [6.45, 7) is 0. The van der Waals surface area contributed by atoms with Crippen LogP contribution in [-0.2, 0) is 6.42 Å². The van der Waals surface area contributed by atoms with Gasteiger partial charge in [-0.2, -0.15) is 0 Å². The summed E-state index contributed by atoms with van der Waals surface area (Å²) < 4.78 is 0. The Morgan fingerprint density at radius 1 is 1.18 bits per heavy atom. The third kappa shape index (κ3) is 2.09. The summed E-state index contributed by atoms with van der Waals surface area (Å²) in [6.07, 6.45) is 1.86. The van der Waals surface area contributed by atoms with Crippen molar-refractivity contribution >= 4 is 9.24 Å². The third-order valence-electron chi connectivity index (χ3n) is 1.47. The van der Waals surface area contributed by atoms with E-state index in [4.69, 9.17) is 10.2 Å². The Kier molecular flexibility index (Phi) is 2.72. The predicted octanol–water partition coefficient (Wildman–Crippen LogP) is 1.52. The lowest BCUT2D eigenvalue weighted by Crippen LogP contribution is -1.84. The van der Waals surface area contributed by atoms with E-state index in [2.05, 4.69) is 9.24 Å². The number of aryl methyl sites for hydroxylation is 1. The molecule has 1 rings (SSSR count). The van der Waals surface area contributed by atoms with Gasteiger partial charge in [-0.1, -0.05) is 6.07 Å². The highest BCUT2D eigenvalue weighted by Crippen LogP contribution is 2.24. The van der Waals surface area contributed by atoms with E-state index in [1.54, 1.807) is 12.1 Å². The zero-order valence-electron chi connectivity index (χ0n) is 6.12. The Morgan fingerprint density at radius 2 is 1.91 bits per heavy atom. The summed E-state index contributed by atoms with van der Waals surface area (Å²) in [5, 5.41) is 18.0. The third-order valence-corrected chi connectivity index (χ3v) is 1.76. The molecule has 0 radical (unpaired) electrons. The number of rotatable bonds is 2. The average molecular weight is 170 g/mol. The van der Waals surface area contributed by atoms with Gasteiger partial charge in [0.2, 0.25) is 0 Å². The maximum atomic E-state index is 9.07. The molecule has 2 N–H and O–H groups in total. The molecular formula is C8H11O2P. The molecule has 0 heterocycles. The molecule has 0 aliphatic rings. The summed E-state index contributed by atoms with van der Waals surface area (Å²) in [4.78, 5) is 0. The van der Waals surface area contributed by atoms with Gasteiger partial charge < -0.3 is 10.2 Å². The van der Waals surface area contributed by atoms with Crippen molar-refractivity contribution < 1.29 is 10.2 Å². The van der Waals surface area contributed by atoms with Crippen molar-refractivity contribution in [2.75, 3.05) is 6.16 Å². The van der Waals surface area contributed by atoms with Gasteiger partial charge in [-0.15, -0.1) is 9.24 Å². The van der Waals surface area contributed by atoms with Crippen LogP contribution >= 0.6 is 9.24 Å². The molecule has 1 aromatic rings. The molecule has 3 heteroatoms. The van der Waals surface area contributed by atoms with Crippen LogP contribution in [0.5, 0.6) is 11.5 Å². The number of aromatic hydroxyl groups is 2. The maximum absolute atomic E-state index is 9.07. The molecule has 0 spiro atoms. The number of benzene rings is 1. The second-order valence-electron chi connectivity index (χ2n) is 2.36. The molecule has 11 heavy (non-hydrogen) atoms. The van der Waals surface area contributed by atoms with E-state index in [0.29, 0.717) is 0 Å². The van der Waals surface area contributed by atoms with Gasteiger partial charge in [-0.3, -0.25) is 0 Å². The van der Waals surface area contributed by atoms with E-state index < -0.39 is 0 Å². The van der Waals surface area contributed by atoms with Crippen LogP contribution in [0.2, 0.25) is 0 Å². The molecule has 1 atom stereocenters. The van der Waals surface area contributed by atoms with E-state index in [-0.39, 0.29) is 11.5 Å². The zero-order valence-corrected chi connectivity index (χ0v) is 7.27. The van der Waals surface area contributed by atoms with Crippen LogP contribution in [0, 0.1) is 0 Å². The lowest BCUT2D eigenvalue weighted by molar-refractivity contribution is 0.403. The van der Waals surface area contributed by atoms with Gasteiger partial charge in [-0.25, -0.2) is 0 Å². The molecule has 1 aromatic carbocycles. The quantitative estimate of drug-likeness (QED) is 0.521. The molecule has 60 valence electrons. The van der Waals surface area contributed by atoms with Crippen molar-refractivity contribution in [3.05, 3.63) is 23.8 Å². The average Bonchev–Trinajstić information content (AvgIpc) is 1.98. The van der Waals surface area contributed by atoms with E-state index >= 15 is 0 Å². The summed E-state index contributed by atoms with van der Waals surface area (Å²) >= 11 is 0. The smallest absolute Gasteiger partial charge is 0.157 e. The van der Waals surface area contributed by atoms with Crippen LogP contribution in [0.25, 0.3) is 0 Å². The Labute approximate surface area is 68.1 Å². The first kappa shape index (κ1) is 8.35. The van der Waals surface area contributed by atoms with E-state index in [9.17, 15) is 0 Å². The summed E-state index contributed by atoms with van der Waals surface area (Å²) in [7, 11) is 2.61. The molecule has 0 saturated heterocycles. The Balaban J connectivity index is 2.86. The number of phenolic OH excluding ortho intramolecular Hbond substituents is 2. The second kappa shape index (κ2) is 3.59. The Hall–Kier alpha value is -0.750. The Bertz CT molecular complexity index is 248. The van der Waals surface area contributed by atoms with Gasteiger partial charge in [0.1, 0.15) is 0 Å². The minimum atomic E-state index is -0.0579. The van der Waals surface area contributed by atoms with Crippen molar-refractivity contribution in [3.8, 4) is 11.5 Å². The van der Waals surface area contributed by atoms with Crippen LogP contribution in [0.3, 0.4) is 0 Å². The fourth-order valence-corrected chi connectivity index (χ4v) is 1.22. The molecular weight excluding hydrogens is 159 g/mol. The Morgan fingerprint density at radius 3 is 2.45 bits per heavy atom. The molecule has 0 aliphatic heterocycles. The molecule has 0 fully saturated rings. The molecule has 2 nitrogen and oxygen atoms in total. The highest BCUT2D eigenvalue weighted by atomic mass is 31.0. The van der Waals surface area contributed by atoms with Crippen LogP contribution in [0.4, 0.5) is 0 Å². The zero-order chi connectivity index (χ0) is 8.27. The lowest BCUT2D eigenvalue weighted by atomic mass is 10.1. The van der Waals surface area contributed by atoms with Crippen molar-refractivity contribution in [1.29, 1.82) is 0 Å². The largest absolute Gasteiger partial charge is 0.504 e. The van der Waals surface area contributed by atoms with Gasteiger partial charge in [0.15, 0.2) is 11.5 Å². The van der Waals surface area contributed by atoms with Crippen LogP contribution in [0.1, 0.15) is 5.56 Å². The van der Waals surface area contributed by atoms with Crippen molar-refractivity contribution in [1.82, 2.24) is 0 Å². The summed E-state index contributed by atoms with van der Waals surface area (Å²) in [6, 6.07) is 4.89. The fourth-order valence-electron chi connectivity index (χ4n) is 0.891. The van der Waals surface area contributed by atoms with Crippen molar-refractivity contribution in [3.63, 3.8) is 0 Å². The summed E-state index contributed by atoms with van der Waals surface area (Å²) in [5.41, 5.74) is 1.04. The highest BCUT2D eigenvalue weighted by Gasteiger charge is 1.98. The molecule has 0 bridgehead atoms. The molecule has 0 aliphatic carbocycles. The van der Waals surface area contributed by atoms with Gasteiger partial charge in [0, 0.05) is 0 Å². The highest BCUT2D eigenvalue weighted by molar-refractivity contribution is 7.16. The van der Waals surface area contributed by atoms with Crippen LogP contribution < -0.4 is 0 Å².